The highest BCUT2D eigenvalue weighted by Gasteiger charge is 2.39. The molecule has 0 saturated carbocycles. The molecule has 1 rings (SSSR count). The normalized spacial score (nSPS) is 19.4. The van der Waals surface area contributed by atoms with Crippen molar-refractivity contribution in [3.63, 3.8) is 0 Å². The Balaban J connectivity index is 3.01. The smallest absolute Gasteiger partial charge is 0.326 e. The van der Waals surface area contributed by atoms with Crippen molar-refractivity contribution in [3.8, 4) is 0 Å². The van der Waals surface area contributed by atoms with E-state index in [4.69, 9.17) is 10.8 Å². The van der Waals surface area contributed by atoms with E-state index in [-0.39, 0.29) is 25.4 Å². The lowest BCUT2D eigenvalue weighted by atomic mass is 9.97. The number of rotatable bonds is 10. The van der Waals surface area contributed by atoms with Crippen LogP contribution in [0.3, 0.4) is 0 Å². The molecule has 11 heteroatoms. The predicted octanol–water partition coefficient (Wildman–Crippen LogP) is -1.49. The number of amides is 3. The number of carboxylic acids is 2. The first-order valence-corrected chi connectivity index (χ1v) is 9.17. The summed E-state index contributed by atoms with van der Waals surface area (Å²) in [6.45, 7) is 3.36. The summed E-state index contributed by atoms with van der Waals surface area (Å²) < 4.78 is 0. The van der Waals surface area contributed by atoms with Crippen molar-refractivity contribution >= 4 is 29.7 Å². The molecule has 1 aliphatic rings. The fraction of sp³-hybridized carbons (Fsp3) is 0.706. The maximum absolute atomic E-state index is 12.7. The van der Waals surface area contributed by atoms with Crippen LogP contribution in [0.1, 0.15) is 39.5 Å². The average Bonchev–Trinajstić information content (AvgIpc) is 3.13. The lowest BCUT2D eigenvalue weighted by Crippen LogP contribution is -2.58. The van der Waals surface area contributed by atoms with E-state index < -0.39 is 54.2 Å². The van der Waals surface area contributed by atoms with Gasteiger partial charge in [-0.3, -0.25) is 19.2 Å². The number of carbonyl (C=O) groups excluding carboxylic acids is 3. The van der Waals surface area contributed by atoms with E-state index in [0.717, 1.165) is 4.90 Å². The molecule has 6 N–H and O–H groups in total. The van der Waals surface area contributed by atoms with Crippen molar-refractivity contribution in [2.24, 2.45) is 11.7 Å². The Kier molecular flexibility index (Phi) is 8.83. The van der Waals surface area contributed by atoms with Crippen molar-refractivity contribution in [3.05, 3.63) is 0 Å². The lowest BCUT2D eigenvalue weighted by Gasteiger charge is -2.29. The summed E-state index contributed by atoms with van der Waals surface area (Å²) in [5.74, 6) is -4.85. The molecule has 0 aromatic heterocycles. The zero-order valence-electron chi connectivity index (χ0n) is 16.0. The van der Waals surface area contributed by atoms with Gasteiger partial charge in [0.25, 0.3) is 0 Å². The molecule has 0 radical (unpaired) electrons. The summed E-state index contributed by atoms with van der Waals surface area (Å²) >= 11 is 0. The number of aliphatic carboxylic acids is 2. The van der Waals surface area contributed by atoms with Crippen LogP contribution in [-0.2, 0) is 24.0 Å². The molecule has 28 heavy (non-hydrogen) atoms. The Bertz CT molecular complexity index is 625. The second-order valence-electron chi connectivity index (χ2n) is 6.82. The predicted molar refractivity (Wildman–Crippen MR) is 97.0 cm³/mol. The van der Waals surface area contributed by atoms with Gasteiger partial charge in [-0.05, 0) is 18.8 Å². The Morgan fingerprint density at radius 1 is 1.18 bits per heavy atom. The number of nitrogens with two attached hydrogens (primary N) is 1. The summed E-state index contributed by atoms with van der Waals surface area (Å²) in [4.78, 5) is 60.6. The van der Waals surface area contributed by atoms with Crippen molar-refractivity contribution in [1.82, 2.24) is 15.5 Å². The Morgan fingerprint density at radius 2 is 1.82 bits per heavy atom. The molecular formula is C17H28N4O7. The quantitative estimate of drug-likeness (QED) is 0.294. The van der Waals surface area contributed by atoms with Crippen LogP contribution in [0.25, 0.3) is 0 Å². The maximum Gasteiger partial charge on any atom is 0.326 e. The standard InChI is InChI=1S/C17H28N4O7/c1-3-9(2)14(20-12(22)8-18)15(25)19-10(7-13(23)24)16(26)21-6-4-5-11(21)17(27)28/h9-11,14H,3-8,18H2,1-2H3,(H,19,25)(H,20,22)(H,23,24)(H,27,28). The Hall–Kier alpha value is -2.69. The maximum atomic E-state index is 12.7. The summed E-state index contributed by atoms with van der Waals surface area (Å²) in [5, 5.41) is 23.2. The van der Waals surface area contributed by atoms with Crippen LogP contribution in [0.2, 0.25) is 0 Å². The SMILES string of the molecule is CCC(C)C(NC(=O)CN)C(=O)NC(CC(=O)O)C(=O)N1CCCC1C(=O)O. The van der Waals surface area contributed by atoms with Crippen LogP contribution in [0, 0.1) is 5.92 Å². The van der Waals surface area contributed by atoms with Crippen LogP contribution >= 0.6 is 0 Å². The van der Waals surface area contributed by atoms with E-state index in [0.29, 0.717) is 12.8 Å². The number of carbonyl (C=O) groups is 5. The highest BCUT2D eigenvalue weighted by Crippen LogP contribution is 2.19. The van der Waals surface area contributed by atoms with E-state index in [2.05, 4.69) is 10.6 Å². The molecule has 1 heterocycles. The summed E-state index contributed by atoms with van der Waals surface area (Å²) in [5.41, 5.74) is 5.27. The van der Waals surface area contributed by atoms with E-state index in [1.807, 2.05) is 0 Å². The lowest BCUT2D eigenvalue weighted by molar-refractivity contribution is -0.150. The largest absolute Gasteiger partial charge is 0.481 e. The number of hydrogen-bond acceptors (Lipinski definition) is 6. The second-order valence-corrected chi connectivity index (χ2v) is 6.82. The Labute approximate surface area is 162 Å². The third kappa shape index (κ3) is 6.19. The van der Waals surface area contributed by atoms with E-state index in [1.54, 1.807) is 13.8 Å². The van der Waals surface area contributed by atoms with Gasteiger partial charge in [-0.15, -0.1) is 0 Å². The molecule has 0 aliphatic carbocycles. The highest BCUT2D eigenvalue weighted by atomic mass is 16.4. The molecular weight excluding hydrogens is 372 g/mol. The second kappa shape index (κ2) is 10.6. The van der Waals surface area contributed by atoms with Crippen LogP contribution in [0.15, 0.2) is 0 Å². The first kappa shape index (κ1) is 23.3. The monoisotopic (exact) mass is 400 g/mol. The van der Waals surface area contributed by atoms with E-state index in [1.165, 1.54) is 0 Å². The number of nitrogens with zero attached hydrogens (tertiary/aromatic N) is 1. The summed E-state index contributed by atoms with van der Waals surface area (Å²) in [6.07, 6.45) is 0.564. The van der Waals surface area contributed by atoms with Gasteiger partial charge < -0.3 is 31.5 Å². The minimum Gasteiger partial charge on any atom is -0.481 e. The van der Waals surface area contributed by atoms with Crippen molar-refractivity contribution in [1.29, 1.82) is 0 Å². The third-order valence-corrected chi connectivity index (χ3v) is 4.81. The first-order valence-electron chi connectivity index (χ1n) is 9.17. The number of hydrogen-bond donors (Lipinski definition) is 5. The van der Waals surface area contributed by atoms with Crippen LogP contribution < -0.4 is 16.4 Å². The van der Waals surface area contributed by atoms with E-state index in [9.17, 15) is 29.1 Å². The van der Waals surface area contributed by atoms with Gasteiger partial charge in [0.2, 0.25) is 17.7 Å². The molecule has 0 bridgehead atoms. The molecule has 0 aromatic carbocycles. The van der Waals surface area contributed by atoms with Crippen LogP contribution in [-0.4, -0.2) is 76.0 Å². The molecule has 0 spiro atoms. The van der Waals surface area contributed by atoms with Gasteiger partial charge in [0.05, 0.1) is 13.0 Å². The molecule has 3 amide bonds. The van der Waals surface area contributed by atoms with Gasteiger partial charge in [-0.1, -0.05) is 20.3 Å². The third-order valence-electron chi connectivity index (χ3n) is 4.81. The summed E-state index contributed by atoms with van der Waals surface area (Å²) in [6, 6.07) is -3.49. The van der Waals surface area contributed by atoms with Gasteiger partial charge in [0.1, 0.15) is 18.1 Å². The Morgan fingerprint density at radius 3 is 2.32 bits per heavy atom. The number of nitrogens with one attached hydrogen (secondary N) is 2. The molecule has 1 saturated heterocycles. The highest BCUT2D eigenvalue weighted by molar-refractivity contribution is 5.95. The minimum atomic E-state index is -1.44. The van der Waals surface area contributed by atoms with Gasteiger partial charge >= 0.3 is 11.9 Å². The van der Waals surface area contributed by atoms with Crippen LogP contribution in [0.4, 0.5) is 0 Å². The van der Waals surface area contributed by atoms with Crippen molar-refractivity contribution in [2.45, 2.75) is 57.7 Å². The molecule has 11 nitrogen and oxygen atoms in total. The number of carboxylic acid groups (broad SMARTS) is 2. The first-order chi connectivity index (χ1) is 13.1. The fourth-order valence-electron chi connectivity index (χ4n) is 3.06. The van der Waals surface area contributed by atoms with Crippen molar-refractivity contribution < 1.29 is 34.2 Å². The van der Waals surface area contributed by atoms with Gasteiger partial charge in [-0.25, -0.2) is 4.79 Å². The van der Waals surface area contributed by atoms with Crippen LogP contribution in [0.5, 0.6) is 0 Å². The number of likely N-dealkylation sites (tertiary alicyclic amines) is 1. The zero-order valence-corrected chi connectivity index (χ0v) is 16.0. The van der Waals surface area contributed by atoms with Gasteiger partial charge in [-0.2, -0.15) is 0 Å². The average molecular weight is 400 g/mol. The van der Waals surface area contributed by atoms with E-state index >= 15 is 0 Å². The molecule has 1 fully saturated rings. The zero-order chi connectivity index (χ0) is 21.4. The minimum absolute atomic E-state index is 0.167. The molecule has 158 valence electrons. The molecule has 1 aliphatic heterocycles. The summed E-state index contributed by atoms with van der Waals surface area (Å²) in [7, 11) is 0. The van der Waals surface area contributed by atoms with Gasteiger partial charge in [0.15, 0.2) is 0 Å². The fourth-order valence-corrected chi connectivity index (χ4v) is 3.06. The van der Waals surface area contributed by atoms with Gasteiger partial charge in [0, 0.05) is 6.54 Å². The molecule has 4 atom stereocenters. The molecule has 4 unspecified atom stereocenters. The molecule has 0 aromatic rings. The topological polar surface area (TPSA) is 179 Å². The van der Waals surface area contributed by atoms with Crippen molar-refractivity contribution in [2.75, 3.05) is 13.1 Å².